The summed E-state index contributed by atoms with van der Waals surface area (Å²) in [6, 6.07) is 10.5. The van der Waals surface area contributed by atoms with Crippen LogP contribution in [0.25, 0.3) is 10.9 Å². The Balaban J connectivity index is 1.73. The largest absolute Gasteiger partial charge is 0.322 e. The van der Waals surface area contributed by atoms with Gasteiger partial charge in [-0.15, -0.1) is 0 Å². The third-order valence-electron chi connectivity index (χ3n) is 4.62. The van der Waals surface area contributed by atoms with Crippen molar-refractivity contribution >= 4 is 10.9 Å². The monoisotopic (exact) mass is 284 g/mol. The number of rotatable bonds is 3. The van der Waals surface area contributed by atoms with E-state index in [1.807, 2.05) is 30.3 Å². The van der Waals surface area contributed by atoms with Crippen molar-refractivity contribution in [3.05, 3.63) is 46.2 Å². The van der Waals surface area contributed by atoms with E-state index in [1.165, 1.54) is 25.7 Å². The lowest BCUT2D eigenvalue weighted by molar-refractivity contribution is 0.197. The van der Waals surface area contributed by atoms with Crippen LogP contribution in [-0.2, 0) is 6.54 Å². The number of para-hydroxylation sites is 1. The van der Waals surface area contributed by atoms with Crippen LogP contribution in [0.4, 0.5) is 0 Å². The summed E-state index contributed by atoms with van der Waals surface area (Å²) in [5, 5.41) is 4.67. The number of H-pyrrole nitrogens is 1. The van der Waals surface area contributed by atoms with Crippen LogP contribution in [-0.4, -0.2) is 11.0 Å². The molecule has 0 amide bonds. The molecule has 1 heterocycles. The summed E-state index contributed by atoms with van der Waals surface area (Å²) in [5.74, 6) is 0. The Morgan fingerprint density at radius 3 is 2.95 bits per heavy atom. The van der Waals surface area contributed by atoms with E-state index in [1.54, 1.807) is 0 Å². The maximum absolute atomic E-state index is 12.1. The fourth-order valence-electron chi connectivity index (χ4n) is 3.45. The first-order chi connectivity index (χ1) is 10.0. The highest BCUT2D eigenvalue weighted by Crippen LogP contribution is 2.35. The summed E-state index contributed by atoms with van der Waals surface area (Å²) >= 11 is 0. The van der Waals surface area contributed by atoms with Crippen molar-refractivity contribution in [3.8, 4) is 0 Å². The van der Waals surface area contributed by atoms with Gasteiger partial charge in [0.1, 0.15) is 0 Å². The van der Waals surface area contributed by atoms with Gasteiger partial charge < -0.3 is 10.3 Å². The molecule has 112 valence electrons. The molecule has 0 saturated heterocycles. The normalized spacial score (nSPS) is 21.5. The van der Waals surface area contributed by atoms with Gasteiger partial charge in [-0.05, 0) is 42.2 Å². The van der Waals surface area contributed by atoms with Crippen molar-refractivity contribution in [2.24, 2.45) is 5.41 Å². The van der Waals surface area contributed by atoms with Crippen LogP contribution < -0.4 is 10.9 Å². The van der Waals surface area contributed by atoms with E-state index >= 15 is 0 Å². The molecule has 3 heteroatoms. The van der Waals surface area contributed by atoms with Gasteiger partial charge in [-0.3, -0.25) is 4.79 Å². The quantitative estimate of drug-likeness (QED) is 0.904. The zero-order chi connectivity index (χ0) is 14.9. The lowest BCUT2D eigenvalue weighted by atomic mass is 9.75. The zero-order valence-corrected chi connectivity index (χ0v) is 12.9. The fourth-order valence-corrected chi connectivity index (χ4v) is 3.45. The summed E-state index contributed by atoms with van der Waals surface area (Å²) < 4.78 is 0. The topological polar surface area (TPSA) is 44.9 Å². The van der Waals surface area contributed by atoms with E-state index in [2.05, 4.69) is 24.1 Å². The second-order valence-electron chi connectivity index (χ2n) is 7.05. The highest BCUT2D eigenvalue weighted by molar-refractivity contribution is 5.78. The van der Waals surface area contributed by atoms with Crippen molar-refractivity contribution in [3.63, 3.8) is 0 Å². The van der Waals surface area contributed by atoms with Gasteiger partial charge >= 0.3 is 0 Å². The van der Waals surface area contributed by atoms with Crippen LogP contribution in [0.2, 0.25) is 0 Å². The molecule has 1 aliphatic carbocycles. The van der Waals surface area contributed by atoms with E-state index in [0.717, 1.165) is 16.5 Å². The molecule has 3 rings (SSSR count). The first kappa shape index (κ1) is 14.3. The molecule has 1 atom stereocenters. The number of aromatic amines is 1. The number of fused-ring (bicyclic) bond motifs is 1. The molecule has 1 saturated carbocycles. The molecule has 1 aliphatic rings. The Labute approximate surface area is 125 Å². The molecular weight excluding hydrogens is 260 g/mol. The smallest absolute Gasteiger partial charge is 0.252 e. The highest BCUT2D eigenvalue weighted by atomic mass is 16.1. The molecule has 0 spiro atoms. The number of pyridine rings is 1. The zero-order valence-electron chi connectivity index (χ0n) is 12.9. The Morgan fingerprint density at radius 1 is 1.33 bits per heavy atom. The SMILES string of the molecule is CC1(C)CCCC(NCc2cc3ccccc3[nH]c2=O)C1. The molecule has 1 fully saturated rings. The van der Waals surface area contributed by atoms with Crippen LogP contribution >= 0.6 is 0 Å². The molecule has 1 aromatic carbocycles. The first-order valence-electron chi connectivity index (χ1n) is 7.88. The minimum Gasteiger partial charge on any atom is -0.322 e. The highest BCUT2D eigenvalue weighted by Gasteiger charge is 2.27. The average molecular weight is 284 g/mol. The Bertz CT molecular complexity index is 687. The minimum absolute atomic E-state index is 0.0243. The molecular formula is C18H24N2O. The van der Waals surface area contributed by atoms with Gasteiger partial charge in [0, 0.05) is 23.7 Å². The maximum Gasteiger partial charge on any atom is 0.252 e. The Hall–Kier alpha value is -1.61. The van der Waals surface area contributed by atoms with Gasteiger partial charge in [-0.25, -0.2) is 0 Å². The van der Waals surface area contributed by atoms with E-state index in [9.17, 15) is 4.79 Å². The van der Waals surface area contributed by atoms with Gasteiger partial charge in [-0.2, -0.15) is 0 Å². The van der Waals surface area contributed by atoms with Crippen molar-refractivity contribution in [2.45, 2.75) is 52.1 Å². The van der Waals surface area contributed by atoms with Crippen LogP contribution in [0, 0.1) is 5.41 Å². The molecule has 1 unspecified atom stereocenters. The van der Waals surface area contributed by atoms with Gasteiger partial charge in [-0.1, -0.05) is 38.5 Å². The van der Waals surface area contributed by atoms with E-state index in [-0.39, 0.29) is 5.56 Å². The summed E-state index contributed by atoms with van der Waals surface area (Å²) in [5.41, 5.74) is 2.18. The summed E-state index contributed by atoms with van der Waals surface area (Å²) in [7, 11) is 0. The van der Waals surface area contributed by atoms with Crippen molar-refractivity contribution in [2.75, 3.05) is 0 Å². The second kappa shape index (κ2) is 5.64. The molecule has 0 aliphatic heterocycles. The molecule has 0 bridgehead atoms. The molecule has 21 heavy (non-hydrogen) atoms. The Morgan fingerprint density at radius 2 is 2.14 bits per heavy atom. The second-order valence-corrected chi connectivity index (χ2v) is 7.05. The van der Waals surface area contributed by atoms with Crippen LogP contribution in [0.15, 0.2) is 35.1 Å². The summed E-state index contributed by atoms with van der Waals surface area (Å²) in [4.78, 5) is 15.1. The standard InChI is InChI=1S/C18H24N2O/c1-18(2)9-5-7-15(11-18)19-12-14-10-13-6-3-4-8-16(13)20-17(14)21/h3-4,6,8,10,15,19H,5,7,9,11-12H2,1-2H3,(H,20,21). The van der Waals surface area contributed by atoms with Crippen LogP contribution in [0.1, 0.15) is 45.1 Å². The number of benzene rings is 1. The molecule has 0 radical (unpaired) electrons. The van der Waals surface area contributed by atoms with Gasteiger partial charge in [0.25, 0.3) is 5.56 Å². The molecule has 2 aromatic rings. The van der Waals surface area contributed by atoms with E-state index in [4.69, 9.17) is 0 Å². The Kier molecular flexibility index (Phi) is 3.85. The van der Waals surface area contributed by atoms with Crippen LogP contribution in [0.5, 0.6) is 0 Å². The summed E-state index contributed by atoms with van der Waals surface area (Å²) in [6.07, 6.45) is 4.99. The van der Waals surface area contributed by atoms with Gasteiger partial charge in [0.15, 0.2) is 0 Å². The minimum atomic E-state index is 0.0243. The number of aromatic nitrogens is 1. The predicted molar refractivity (Wildman–Crippen MR) is 87.4 cm³/mol. The number of nitrogens with one attached hydrogen (secondary N) is 2. The average Bonchev–Trinajstić information content (AvgIpc) is 2.44. The van der Waals surface area contributed by atoms with Crippen LogP contribution in [0.3, 0.4) is 0 Å². The third kappa shape index (κ3) is 3.35. The number of hydrogen-bond acceptors (Lipinski definition) is 2. The molecule has 1 aromatic heterocycles. The lowest BCUT2D eigenvalue weighted by Gasteiger charge is -2.35. The van der Waals surface area contributed by atoms with Crippen molar-refractivity contribution in [1.29, 1.82) is 0 Å². The van der Waals surface area contributed by atoms with E-state index < -0.39 is 0 Å². The third-order valence-corrected chi connectivity index (χ3v) is 4.62. The lowest BCUT2D eigenvalue weighted by Crippen LogP contribution is -2.37. The predicted octanol–water partition coefficient (Wildman–Crippen LogP) is 3.59. The van der Waals surface area contributed by atoms with Crippen molar-refractivity contribution in [1.82, 2.24) is 10.3 Å². The summed E-state index contributed by atoms with van der Waals surface area (Å²) in [6.45, 7) is 5.33. The maximum atomic E-state index is 12.1. The van der Waals surface area contributed by atoms with E-state index in [0.29, 0.717) is 18.0 Å². The molecule has 2 N–H and O–H groups in total. The first-order valence-corrected chi connectivity index (χ1v) is 7.88. The molecule has 3 nitrogen and oxygen atoms in total. The van der Waals surface area contributed by atoms with Crippen molar-refractivity contribution < 1.29 is 0 Å². The number of hydrogen-bond donors (Lipinski definition) is 2. The fraction of sp³-hybridized carbons (Fsp3) is 0.500. The van der Waals surface area contributed by atoms with Gasteiger partial charge in [0.05, 0.1) is 0 Å². The van der Waals surface area contributed by atoms with Gasteiger partial charge in [0.2, 0.25) is 0 Å².